The molecule has 1 aliphatic heterocycles. The lowest BCUT2D eigenvalue weighted by Crippen LogP contribution is -2.47. The highest BCUT2D eigenvalue weighted by Crippen LogP contribution is 2.37. The van der Waals surface area contributed by atoms with Crippen LogP contribution in [0.1, 0.15) is 32.3 Å². The summed E-state index contributed by atoms with van der Waals surface area (Å²) in [4.78, 5) is 17.4. The van der Waals surface area contributed by atoms with Gasteiger partial charge in [0.2, 0.25) is 5.91 Å². The molecule has 1 aliphatic carbocycles. The fourth-order valence-corrected chi connectivity index (χ4v) is 3.99. The number of hydrogen-bond acceptors (Lipinski definition) is 3. The molecule has 1 saturated carbocycles. The Hall–Kier alpha value is -2.49. The van der Waals surface area contributed by atoms with Crippen molar-refractivity contribution in [3.05, 3.63) is 60.2 Å². The molecule has 1 amide bonds. The molecule has 1 fully saturated rings. The molecule has 0 spiro atoms. The number of carbonyl (C=O) groups excluding carboxylic acids is 1. The average molecular weight is 378 g/mol. The van der Waals surface area contributed by atoms with Crippen LogP contribution >= 0.6 is 0 Å². The van der Waals surface area contributed by atoms with Crippen LogP contribution in [0.2, 0.25) is 0 Å². The van der Waals surface area contributed by atoms with Crippen molar-refractivity contribution in [3.63, 3.8) is 0 Å². The number of para-hydroxylation sites is 2. The zero-order valence-electron chi connectivity index (χ0n) is 17.0. The van der Waals surface area contributed by atoms with Crippen LogP contribution in [0.15, 0.2) is 54.6 Å². The maximum absolute atomic E-state index is 12.7. The summed E-state index contributed by atoms with van der Waals surface area (Å²) >= 11 is 0. The summed E-state index contributed by atoms with van der Waals surface area (Å²) in [5, 5.41) is 3.16. The molecule has 0 radical (unpaired) electrons. The standard InChI is InChI=1S/C24H31N3O/c1-24(2,20-8-4-3-5-9-20)18-25-23(28)17-27-15-14-26(16-19-12-13-19)21-10-6-7-11-22(21)27/h3-11,19H,12-18H2,1-2H3,(H,25,28). The molecule has 0 bridgehead atoms. The molecule has 1 N–H and O–H groups in total. The van der Waals surface area contributed by atoms with Crippen molar-refractivity contribution < 1.29 is 4.79 Å². The van der Waals surface area contributed by atoms with Crippen molar-refractivity contribution in [2.45, 2.75) is 32.1 Å². The monoisotopic (exact) mass is 377 g/mol. The lowest BCUT2D eigenvalue weighted by molar-refractivity contribution is -0.120. The molecule has 0 atom stereocenters. The summed E-state index contributed by atoms with van der Waals surface area (Å²) in [5.74, 6) is 0.956. The summed E-state index contributed by atoms with van der Waals surface area (Å²) in [6.07, 6.45) is 2.73. The number of carbonyl (C=O) groups is 1. The Balaban J connectivity index is 1.37. The molecule has 148 valence electrons. The van der Waals surface area contributed by atoms with E-state index in [1.807, 2.05) is 6.07 Å². The smallest absolute Gasteiger partial charge is 0.239 e. The number of amides is 1. The Morgan fingerprint density at radius 3 is 2.25 bits per heavy atom. The number of nitrogens with one attached hydrogen (secondary N) is 1. The molecule has 4 nitrogen and oxygen atoms in total. The maximum atomic E-state index is 12.7. The first-order valence-electron chi connectivity index (χ1n) is 10.4. The van der Waals surface area contributed by atoms with Gasteiger partial charge in [0.15, 0.2) is 0 Å². The van der Waals surface area contributed by atoms with Crippen molar-refractivity contribution in [3.8, 4) is 0 Å². The van der Waals surface area contributed by atoms with E-state index in [4.69, 9.17) is 0 Å². The summed E-state index contributed by atoms with van der Waals surface area (Å²) in [5.41, 5.74) is 3.62. The molecular weight excluding hydrogens is 346 g/mol. The SMILES string of the molecule is CC(C)(CNC(=O)CN1CCN(CC2CC2)c2ccccc21)c1ccccc1. The van der Waals surface area contributed by atoms with Crippen LogP contribution in [0, 0.1) is 5.92 Å². The van der Waals surface area contributed by atoms with E-state index < -0.39 is 0 Å². The minimum absolute atomic E-state index is 0.0855. The predicted octanol–water partition coefficient (Wildman–Crippen LogP) is 3.82. The van der Waals surface area contributed by atoms with Gasteiger partial charge in [-0.05, 0) is 36.5 Å². The topological polar surface area (TPSA) is 35.6 Å². The third kappa shape index (κ3) is 4.32. The molecule has 28 heavy (non-hydrogen) atoms. The number of benzene rings is 2. The zero-order chi connectivity index (χ0) is 19.6. The lowest BCUT2D eigenvalue weighted by Gasteiger charge is -2.39. The van der Waals surface area contributed by atoms with Gasteiger partial charge in [-0.3, -0.25) is 4.79 Å². The van der Waals surface area contributed by atoms with Crippen LogP contribution in [0.3, 0.4) is 0 Å². The van der Waals surface area contributed by atoms with Crippen molar-refractivity contribution in [1.82, 2.24) is 5.32 Å². The van der Waals surface area contributed by atoms with Gasteiger partial charge in [0.05, 0.1) is 17.9 Å². The van der Waals surface area contributed by atoms with Crippen molar-refractivity contribution in [2.24, 2.45) is 5.92 Å². The molecule has 0 unspecified atom stereocenters. The molecule has 2 aromatic rings. The van der Waals surface area contributed by atoms with Gasteiger partial charge in [-0.2, -0.15) is 0 Å². The van der Waals surface area contributed by atoms with Gasteiger partial charge in [-0.25, -0.2) is 0 Å². The van der Waals surface area contributed by atoms with Gasteiger partial charge >= 0.3 is 0 Å². The van der Waals surface area contributed by atoms with E-state index in [2.05, 4.69) is 77.5 Å². The summed E-state index contributed by atoms with van der Waals surface area (Å²) < 4.78 is 0. The highest BCUT2D eigenvalue weighted by Gasteiger charge is 2.29. The minimum Gasteiger partial charge on any atom is -0.368 e. The van der Waals surface area contributed by atoms with Crippen molar-refractivity contribution in [2.75, 3.05) is 42.5 Å². The predicted molar refractivity (Wildman–Crippen MR) is 116 cm³/mol. The molecule has 2 aliphatic rings. The van der Waals surface area contributed by atoms with Crippen LogP contribution in [-0.2, 0) is 10.2 Å². The molecule has 4 rings (SSSR count). The number of rotatable bonds is 7. The van der Waals surface area contributed by atoms with Gasteiger partial charge < -0.3 is 15.1 Å². The highest BCUT2D eigenvalue weighted by molar-refractivity contribution is 5.84. The Kier molecular flexibility index (Phi) is 5.29. The third-order valence-corrected chi connectivity index (χ3v) is 6.00. The number of nitrogens with zero attached hydrogens (tertiary/aromatic N) is 2. The second kappa shape index (κ2) is 7.86. The number of anilines is 2. The first-order valence-corrected chi connectivity index (χ1v) is 10.4. The van der Waals surface area contributed by atoms with Crippen molar-refractivity contribution in [1.29, 1.82) is 0 Å². The first-order chi connectivity index (χ1) is 13.5. The van der Waals surface area contributed by atoms with E-state index in [0.29, 0.717) is 13.1 Å². The van der Waals surface area contributed by atoms with Crippen LogP contribution in [0.5, 0.6) is 0 Å². The van der Waals surface area contributed by atoms with Gasteiger partial charge in [-0.15, -0.1) is 0 Å². The van der Waals surface area contributed by atoms with Crippen LogP contribution in [0.4, 0.5) is 11.4 Å². The Morgan fingerprint density at radius 1 is 0.964 bits per heavy atom. The quantitative estimate of drug-likeness (QED) is 0.797. The second-order valence-corrected chi connectivity index (χ2v) is 8.83. The minimum atomic E-state index is -0.0855. The summed E-state index contributed by atoms with van der Waals surface area (Å²) in [6, 6.07) is 18.9. The largest absolute Gasteiger partial charge is 0.368 e. The average Bonchev–Trinajstić information content (AvgIpc) is 3.53. The molecule has 0 aromatic heterocycles. The summed E-state index contributed by atoms with van der Waals surface area (Å²) in [7, 11) is 0. The van der Waals surface area contributed by atoms with Gasteiger partial charge in [0.25, 0.3) is 0 Å². The fourth-order valence-electron chi connectivity index (χ4n) is 3.99. The molecule has 2 aromatic carbocycles. The fraction of sp³-hybridized carbons (Fsp3) is 0.458. The van der Waals surface area contributed by atoms with Gasteiger partial charge in [0.1, 0.15) is 0 Å². The Labute approximate surface area is 168 Å². The molecule has 1 heterocycles. The number of hydrogen-bond donors (Lipinski definition) is 1. The van der Waals surface area contributed by atoms with Gasteiger partial charge in [0, 0.05) is 31.6 Å². The van der Waals surface area contributed by atoms with E-state index in [-0.39, 0.29) is 11.3 Å². The van der Waals surface area contributed by atoms with Crippen LogP contribution in [-0.4, -0.2) is 38.6 Å². The van der Waals surface area contributed by atoms with Crippen molar-refractivity contribution >= 4 is 17.3 Å². The normalized spacial score (nSPS) is 16.6. The maximum Gasteiger partial charge on any atom is 0.239 e. The lowest BCUT2D eigenvalue weighted by atomic mass is 9.84. The summed E-state index contributed by atoms with van der Waals surface area (Å²) in [6.45, 7) is 8.46. The number of fused-ring (bicyclic) bond motifs is 1. The van der Waals surface area contributed by atoms with E-state index in [1.165, 1.54) is 29.8 Å². The highest BCUT2D eigenvalue weighted by atomic mass is 16.2. The Bertz CT molecular complexity index is 814. The second-order valence-electron chi connectivity index (χ2n) is 8.83. The van der Waals surface area contributed by atoms with Crippen LogP contribution < -0.4 is 15.1 Å². The van der Waals surface area contributed by atoms with E-state index >= 15 is 0 Å². The van der Waals surface area contributed by atoms with E-state index in [1.54, 1.807) is 0 Å². The molecule has 0 saturated heterocycles. The van der Waals surface area contributed by atoms with Gasteiger partial charge in [-0.1, -0.05) is 56.3 Å². The van der Waals surface area contributed by atoms with E-state index in [9.17, 15) is 4.79 Å². The molecular formula is C24H31N3O. The first kappa shape index (κ1) is 18.9. The van der Waals surface area contributed by atoms with Crippen LogP contribution in [0.25, 0.3) is 0 Å². The molecule has 4 heteroatoms. The van der Waals surface area contributed by atoms with E-state index in [0.717, 1.165) is 25.6 Å². The Morgan fingerprint density at radius 2 is 1.57 bits per heavy atom. The third-order valence-electron chi connectivity index (χ3n) is 6.00. The zero-order valence-corrected chi connectivity index (χ0v) is 17.0.